The number of carbonyl (C=O) groups is 1. The number of esters is 1. The van der Waals surface area contributed by atoms with Gasteiger partial charge in [0.1, 0.15) is 18.8 Å². The topological polar surface area (TPSA) is 120 Å². The Morgan fingerprint density at radius 1 is 1.15 bits per heavy atom. The van der Waals surface area contributed by atoms with Crippen LogP contribution in [0.1, 0.15) is 22.1 Å². The van der Waals surface area contributed by atoms with E-state index in [2.05, 4.69) is 11.6 Å². The first-order chi connectivity index (χ1) is 16.4. The van der Waals surface area contributed by atoms with Crippen LogP contribution in [0.2, 0.25) is 0 Å². The summed E-state index contributed by atoms with van der Waals surface area (Å²) in [6.45, 7) is 4.75. The molecule has 34 heavy (non-hydrogen) atoms. The Labute approximate surface area is 194 Å². The van der Waals surface area contributed by atoms with Gasteiger partial charge < -0.3 is 19.3 Å². The van der Waals surface area contributed by atoms with Crippen LogP contribution in [0.15, 0.2) is 83.2 Å². The van der Waals surface area contributed by atoms with E-state index >= 15 is 0 Å². The Morgan fingerprint density at radius 3 is 2.50 bits per heavy atom. The number of ether oxygens (including phenoxy) is 3. The number of H-pyrrole nitrogens is 1. The van der Waals surface area contributed by atoms with Crippen molar-refractivity contribution in [1.29, 1.82) is 0 Å². The van der Waals surface area contributed by atoms with Gasteiger partial charge >= 0.3 is 11.7 Å². The maximum absolute atomic E-state index is 12.5. The van der Waals surface area contributed by atoms with Gasteiger partial charge in [-0.25, -0.2) is 9.59 Å². The van der Waals surface area contributed by atoms with Gasteiger partial charge in [-0.05, 0) is 30.2 Å². The highest BCUT2D eigenvalue weighted by Gasteiger charge is 2.47. The zero-order valence-corrected chi connectivity index (χ0v) is 18.4. The Kier molecular flexibility index (Phi) is 6.76. The highest BCUT2D eigenvalue weighted by Crippen LogP contribution is 2.31. The first-order valence-corrected chi connectivity index (χ1v) is 10.6. The number of rotatable bonds is 7. The highest BCUT2D eigenvalue weighted by atomic mass is 16.6. The molecule has 0 amide bonds. The van der Waals surface area contributed by atoms with Crippen molar-refractivity contribution in [3.8, 4) is 11.1 Å². The van der Waals surface area contributed by atoms with E-state index in [1.165, 1.54) is 13.1 Å². The van der Waals surface area contributed by atoms with Crippen LogP contribution in [0.25, 0.3) is 11.1 Å². The number of hydrogen-bond donors (Lipinski definition) is 2. The van der Waals surface area contributed by atoms with Crippen molar-refractivity contribution in [3.05, 3.63) is 106 Å². The van der Waals surface area contributed by atoms with Crippen LogP contribution in [0, 0.1) is 6.92 Å². The quantitative estimate of drug-likeness (QED) is 0.406. The van der Waals surface area contributed by atoms with Crippen LogP contribution < -0.4 is 11.2 Å². The molecule has 0 spiro atoms. The first-order valence-electron chi connectivity index (χ1n) is 10.6. The average molecular weight is 464 g/mol. The first kappa shape index (κ1) is 23.2. The number of nitrogens with one attached hydrogen (secondary N) is 1. The number of hydrogen-bond acceptors (Lipinski definition) is 7. The van der Waals surface area contributed by atoms with Crippen molar-refractivity contribution in [2.24, 2.45) is 0 Å². The maximum atomic E-state index is 12.5. The van der Waals surface area contributed by atoms with Crippen LogP contribution in [0.4, 0.5) is 0 Å². The van der Waals surface area contributed by atoms with E-state index in [1.54, 1.807) is 12.1 Å². The van der Waals surface area contributed by atoms with Crippen molar-refractivity contribution in [1.82, 2.24) is 9.55 Å². The number of aliphatic hydroxyl groups is 1. The maximum Gasteiger partial charge on any atom is 0.338 e. The summed E-state index contributed by atoms with van der Waals surface area (Å²) in [7, 11) is 0. The lowest BCUT2D eigenvalue weighted by Gasteiger charge is -2.21. The van der Waals surface area contributed by atoms with E-state index in [4.69, 9.17) is 14.2 Å². The second-order valence-electron chi connectivity index (χ2n) is 7.84. The third-order valence-corrected chi connectivity index (χ3v) is 5.59. The SMILES string of the molecule is C=COC1C(O)C(COC(=O)c2ccc(-c3ccccc3)cc2)OC1n1cc(C)c(=O)[nH]c1=O. The minimum absolute atomic E-state index is 0.273. The lowest BCUT2D eigenvalue weighted by atomic mass is 10.0. The molecule has 9 heteroatoms. The molecule has 0 aliphatic carbocycles. The predicted octanol–water partition coefficient (Wildman–Crippen LogP) is 2.16. The van der Waals surface area contributed by atoms with Crippen molar-refractivity contribution >= 4 is 5.97 Å². The summed E-state index contributed by atoms with van der Waals surface area (Å²) in [5.41, 5.74) is 1.36. The van der Waals surface area contributed by atoms with Gasteiger partial charge in [0.15, 0.2) is 12.3 Å². The van der Waals surface area contributed by atoms with Crippen molar-refractivity contribution in [2.45, 2.75) is 31.5 Å². The molecule has 3 aromatic rings. The smallest absolute Gasteiger partial charge is 0.338 e. The molecule has 176 valence electrons. The molecule has 9 nitrogen and oxygen atoms in total. The van der Waals surface area contributed by atoms with E-state index in [0.717, 1.165) is 22.0 Å². The van der Waals surface area contributed by atoms with E-state index in [9.17, 15) is 19.5 Å². The molecule has 0 bridgehead atoms. The number of nitrogens with zero attached hydrogens (tertiary/aromatic N) is 1. The summed E-state index contributed by atoms with van der Waals surface area (Å²) in [5, 5.41) is 10.7. The molecular weight excluding hydrogens is 440 g/mol. The van der Waals surface area contributed by atoms with Gasteiger partial charge in [0.05, 0.1) is 11.8 Å². The van der Waals surface area contributed by atoms with Crippen molar-refractivity contribution in [3.63, 3.8) is 0 Å². The summed E-state index contributed by atoms with van der Waals surface area (Å²) in [4.78, 5) is 38.7. The van der Waals surface area contributed by atoms with E-state index < -0.39 is 41.8 Å². The fourth-order valence-electron chi connectivity index (χ4n) is 3.78. The van der Waals surface area contributed by atoms with Gasteiger partial charge in [0.2, 0.25) is 0 Å². The summed E-state index contributed by atoms with van der Waals surface area (Å²) < 4.78 is 17.7. The average Bonchev–Trinajstić information content (AvgIpc) is 3.15. The lowest BCUT2D eigenvalue weighted by molar-refractivity contribution is -0.0612. The molecule has 4 atom stereocenters. The molecule has 1 aliphatic rings. The molecule has 0 saturated carbocycles. The summed E-state index contributed by atoms with van der Waals surface area (Å²) in [6.07, 6.45) is -1.83. The minimum atomic E-state index is -1.23. The van der Waals surface area contributed by atoms with Crippen LogP contribution in [0.3, 0.4) is 0 Å². The largest absolute Gasteiger partial charge is 0.491 e. The Bertz CT molecular complexity index is 1280. The van der Waals surface area contributed by atoms with Crippen molar-refractivity contribution in [2.75, 3.05) is 6.61 Å². The Morgan fingerprint density at radius 2 is 1.82 bits per heavy atom. The molecule has 1 aliphatic heterocycles. The van der Waals surface area contributed by atoms with Crippen LogP contribution >= 0.6 is 0 Å². The summed E-state index contributed by atoms with van der Waals surface area (Å²) in [5.74, 6) is -0.586. The molecule has 4 rings (SSSR count). The lowest BCUT2D eigenvalue weighted by Crippen LogP contribution is -2.39. The molecule has 4 unspecified atom stereocenters. The number of aryl methyl sites for hydroxylation is 1. The highest BCUT2D eigenvalue weighted by molar-refractivity contribution is 5.90. The second kappa shape index (κ2) is 9.90. The van der Waals surface area contributed by atoms with Crippen LogP contribution in [-0.4, -0.2) is 45.5 Å². The van der Waals surface area contributed by atoms with Crippen molar-refractivity contribution < 1.29 is 24.1 Å². The van der Waals surface area contributed by atoms with Gasteiger partial charge in [-0.1, -0.05) is 49.0 Å². The molecule has 2 N–H and O–H groups in total. The minimum Gasteiger partial charge on any atom is -0.491 e. The van der Waals surface area contributed by atoms with Gasteiger partial charge in [-0.15, -0.1) is 0 Å². The number of aliphatic hydroxyl groups excluding tert-OH is 1. The van der Waals surface area contributed by atoms with E-state index in [1.807, 2.05) is 42.5 Å². The molecule has 1 aromatic heterocycles. The molecule has 1 fully saturated rings. The third kappa shape index (κ3) is 4.70. The fourth-order valence-corrected chi connectivity index (χ4v) is 3.78. The van der Waals surface area contributed by atoms with Gasteiger partial charge in [0, 0.05) is 11.8 Å². The molecular formula is C25H24N2O7. The Balaban J connectivity index is 1.46. The molecule has 2 aromatic carbocycles. The normalized spacial score (nSPS) is 21.7. The second-order valence-corrected chi connectivity index (χ2v) is 7.84. The molecule has 0 radical (unpaired) electrons. The van der Waals surface area contributed by atoms with Gasteiger partial charge in [0.25, 0.3) is 5.56 Å². The number of benzene rings is 2. The summed E-state index contributed by atoms with van der Waals surface area (Å²) in [6, 6.07) is 16.7. The zero-order valence-electron chi connectivity index (χ0n) is 18.4. The van der Waals surface area contributed by atoms with Crippen LogP contribution in [-0.2, 0) is 14.2 Å². The predicted molar refractivity (Wildman–Crippen MR) is 123 cm³/mol. The van der Waals surface area contributed by atoms with Crippen LogP contribution in [0.5, 0.6) is 0 Å². The summed E-state index contributed by atoms with van der Waals surface area (Å²) >= 11 is 0. The van der Waals surface area contributed by atoms with E-state index in [-0.39, 0.29) is 12.2 Å². The Hall–Kier alpha value is -3.95. The fraction of sp³-hybridized carbons (Fsp3) is 0.240. The van der Waals surface area contributed by atoms with E-state index in [0.29, 0.717) is 5.56 Å². The number of aromatic nitrogens is 2. The number of carbonyl (C=O) groups excluding carboxylic acids is 1. The monoisotopic (exact) mass is 464 g/mol. The third-order valence-electron chi connectivity index (χ3n) is 5.59. The van der Waals surface area contributed by atoms with Gasteiger partial charge in [-0.3, -0.25) is 14.3 Å². The molecule has 2 heterocycles. The zero-order chi connectivity index (χ0) is 24.2. The standard InChI is InChI=1S/C25H24N2O7/c1-3-32-21-20(28)19(34-23(21)27-13-15(2)22(29)26-25(27)31)14-33-24(30)18-11-9-17(10-12-18)16-7-5-4-6-8-16/h3-13,19-21,23,28H,1,14H2,2H3,(H,26,29,31). The number of aromatic amines is 1. The molecule has 1 saturated heterocycles. The van der Waals surface area contributed by atoms with Gasteiger partial charge in [-0.2, -0.15) is 0 Å².